The first-order valence-electron chi connectivity index (χ1n) is 13.2. The van der Waals surface area contributed by atoms with Crippen molar-refractivity contribution in [2.45, 2.75) is 77.2 Å². The van der Waals surface area contributed by atoms with Crippen LogP contribution in [0, 0.1) is 28.6 Å². The molecule has 5 N–H and O–H groups in total. The van der Waals surface area contributed by atoms with E-state index in [2.05, 4.69) is 12.2 Å². The van der Waals surface area contributed by atoms with Gasteiger partial charge in [0.05, 0.1) is 18.4 Å². The number of nitrogens with one attached hydrogen (secondary N) is 1. The lowest BCUT2D eigenvalue weighted by Crippen LogP contribution is -2.58. The van der Waals surface area contributed by atoms with Crippen molar-refractivity contribution in [2.75, 3.05) is 25.0 Å². The normalized spacial score (nSPS) is 34.6. The molecular formula is C26H38N4O5S. The number of hydrogen-bond donors (Lipinski definition) is 4. The molecular weight excluding hydrogens is 480 g/mol. The minimum Gasteiger partial charge on any atom is -0.396 e. The van der Waals surface area contributed by atoms with Crippen LogP contribution < -0.4 is 11.1 Å². The number of fused-ring (bicyclic) bond motifs is 2. The summed E-state index contributed by atoms with van der Waals surface area (Å²) in [7, 11) is 0. The molecule has 5 unspecified atom stereocenters. The number of aromatic nitrogens is 1. The highest BCUT2D eigenvalue weighted by Gasteiger charge is 2.59. The third kappa shape index (κ3) is 4.35. The summed E-state index contributed by atoms with van der Waals surface area (Å²) in [5.41, 5.74) is 5.32. The second-order valence-corrected chi connectivity index (χ2v) is 13.0. The number of hydrogen-bond acceptors (Lipinski definition) is 7. The number of anilines is 1. The molecule has 5 rings (SSSR count). The second kappa shape index (κ2) is 9.36. The minimum absolute atomic E-state index is 0.00490. The smallest absolute Gasteiger partial charge is 0.229 e. The van der Waals surface area contributed by atoms with Crippen LogP contribution in [0.1, 0.15) is 75.3 Å². The highest BCUT2D eigenvalue weighted by molar-refractivity contribution is 7.15. The number of carbonyl (C=O) groups is 3. The molecule has 4 aliphatic rings. The highest BCUT2D eigenvalue weighted by Crippen LogP contribution is 2.63. The van der Waals surface area contributed by atoms with Gasteiger partial charge in [-0.1, -0.05) is 13.8 Å². The van der Waals surface area contributed by atoms with Crippen LogP contribution in [-0.2, 0) is 20.8 Å². The van der Waals surface area contributed by atoms with Crippen molar-refractivity contribution in [3.63, 3.8) is 0 Å². The third-order valence-electron chi connectivity index (χ3n) is 9.70. The number of likely N-dealkylation sites (tertiary alicyclic amines) is 1. The molecule has 3 amide bonds. The van der Waals surface area contributed by atoms with Crippen LogP contribution in [0.2, 0.25) is 0 Å². The van der Waals surface area contributed by atoms with E-state index >= 15 is 0 Å². The summed E-state index contributed by atoms with van der Waals surface area (Å²) in [4.78, 5) is 45.3. The van der Waals surface area contributed by atoms with Crippen LogP contribution in [0.4, 0.5) is 5.13 Å². The number of carbonyl (C=O) groups excluding carboxylic acids is 3. The van der Waals surface area contributed by atoms with Crippen molar-refractivity contribution in [3.05, 3.63) is 10.6 Å². The van der Waals surface area contributed by atoms with Gasteiger partial charge in [-0.15, -0.1) is 11.3 Å². The Labute approximate surface area is 215 Å². The summed E-state index contributed by atoms with van der Waals surface area (Å²) in [5.74, 6) is -0.597. The Kier molecular flexibility index (Phi) is 6.66. The SMILES string of the molecule is CC1(CO)C(O)CCC2(C)C(CC(=O)N3CCC(C(N)=O)CC3)c3nc(NC(=O)C4CC4)sc3CC12. The fourth-order valence-corrected chi connectivity index (χ4v) is 8.04. The molecule has 2 heterocycles. The average molecular weight is 519 g/mol. The summed E-state index contributed by atoms with van der Waals surface area (Å²) >= 11 is 1.46. The fraction of sp³-hybridized carbons (Fsp3) is 0.769. The van der Waals surface area contributed by atoms with E-state index in [1.165, 1.54) is 11.3 Å². The Balaban J connectivity index is 1.45. The number of thiazole rings is 1. The van der Waals surface area contributed by atoms with Gasteiger partial charge in [-0.2, -0.15) is 0 Å². The van der Waals surface area contributed by atoms with E-state index in [1.54, 1.807) is 0 Å². The zero-order valence-corrected chi connectivity index (χ0v) is 22.0. The first kappa shape index (κ1) is 25.6. The largest absolute Gasteiger partial charge is 0.396 e. The molecule has 5 atom stereocenters. The van der Waals surface area contributed by atoms with E-state index in [-0.39, 0.29) is 59.8 Å². The average Bonchev–Trinajstić information content (AvgIpc) is 3.64. The number of aliphatic hydroxyl groups is 2. The summed E-state index contributed by atoms with van der Waals surface area (Å²) in [6.45, 7) is 5.03. The number of nitrogens with zero attached hydrogens (tertiary/aromatic N) is 2. The Morgan fingerprint density at radius 2 is 1.83 bits per heavy atom. The standard InChI is InChI=1S/C26H38N4O5S/c1-25-8-5-19(32)26(2,13-31)18(25)12-17-21(28-24(36-17)29-23(35)15-3-4-15)16(25)11-20(33)30-9-6-14(7-10-30)22(27)34/h14-16,18-19,31-32H,3-13H2,1-2H3,(H2,27,34)(H,28,29,35). The van der Waals surface area contributed by atoms with Crippen LogP contribution in [0.15, 0.2) is 0 Å². The van der Waals surface area contributed by atoms with Crippen molar-refractivity contribution in [3.8, 4) is 0 Å². The maximum atomic E-state index is 13.6. The van der Waals surface area contributed by atoms with Gasteiger partial charge >= 0.3 is 0 Å². The molecule has 36 heavy (non-hydrogen) atoms. The topological polar surface area (TPSA) is 146 Å². The first-order chi connectivity index (χ1) is 17.1. The molecule has 1 aliphatic heterocycles. The molecule has 1 saturated heterocycles. The van der Waals surface area contributed by atoms with E-state index in [4.69, 9.17) is 10.7 Å². The molecule has 3 aliphatic carbocycles. The number of primary amides is 1. The summed E-state index contributed by atoms with van der Waals surface area (Å²) in [6, 6.07) is 0. The second-order valence-electron chi connectivity index (χ2n) is 11.9. The molecule has 198 valence electrons. The molecule has 0 spiro atoms. The van der Waals surface area contributed by atoms with E-state index < -0.39 is 11.5 Å². The van der Waals surface area contributed by atoms with Crippen LogP contribution in [-0.4, -0.2) is 63.6 Å². The van der Waals surface area contributed by atoms with Gasteiger partial charge in [-0.25, -0.2) is 4.98 Å². The van der Waals surface area contributed by atoms with Crippen LogP contribution >= 0.6 is 11.3 Å². The molecule has 3 fully saturated rings. The Morgan fingerprint density at radius 1 is 1.14 bits per heavy atom. The molecule has 0 bridgehead atoms. The monoisotopic (exact) mass is 518 g/mol. The van der Waals surface area contributed by atoms with Crippen molar-refractivity contribution in [2.24, 2.45) is 34.3 Å². The Hall–Kier alpha value is -2.04. The maximum absolute atomic E-state index is 13.6. The Morgan fingerprint density at radius 3 is 2.44 bits per heavy atom. The zero-order chi connectivity index (χ0) is 25.8. The van der Waals surface area contributed by atoms with Gasteiger partial charge < -0.3 is 26.2 Å². The summed E-state index contributed by atoms with van der Waals surface area (Å²) in [5, 5.41) is 24.9. The first-order valence-corrected chi connectivity index (χ1v) is 14.0. The van der Waals surface area contributed by atoms with Gasteiger partial charge in [0.2, 0.25) is 17.7 Å². The third-order valence-corrected chi connectivity index (χ3v) is 10.7. The number of rotatable bonds is 6. The van der Waals surface area contributed by atoms with Gasteiger partial charge in [-0.3, -0.25) is 14.4 Å². The number of piperidine rings is 1. The van der Waals surface area contributed by atoms with E-state index in [0.29, 0.717) is 43.9 Å². The lowest BCUT2D eigenvalue weighted by Gasteiger charge is -2.58. The number of aliphatic hydroxyl groups excluding tert-OH is 2. The maximum Gasteiger partial charge on any atom is 0.229 e. The Bertz CT molecular complexity index is 1050. The summed E-state index contributed by atoms with van der Waals surface area (Å²) < 4.78 is 0. The van der Waals surface area contributed by atoms with Gasteiger partial charge in [-0.05, 0) is 56.3 Å². The lowest BCUT2D eigenvalue weighted by atomic mass is 9.47. The van der Waals surface area contributed by atoms with Gasteiger partial charge in [0, 0.05) is 47.6 Å². The molecule has 0 radical (unpaired) electrons. The van der Waals surface area contributed by atoms with Gasteiger partial charge in [0.15, 0.2) is 5.13 Å². The van der Waals surface area contributed by atoms with Crippen molar-refractivity contribution >= 4 is 34.2 Å². The van der Waals surface area contributed by atoms with Gasteiger partial charge in [0.1, 0.15) is 0 Å². The van der Waals surface area contributed by atoms with Crippen molar-refractivity contribution in [1.29, 1.82) is 0 Å². The number of amides is 3. The highest BCUT2D eigenvalue weighted by atomic mass is 32.1. The predicted octanol–water partition coefficient (Wildman–Crippen LogP) is 2.02. The molecule has 0 aromatic carbocycles. The zero-order valence-electron chi connectivity index (χ0n) is 21.2. The lowest BCUT2D eigenvalue weighted by molar-refractivity contribution is -0.148. The fourth-order valence-electron chi connectivity index (χ4n) is 6.97. The van der Waals surface area contributed by atoms with Crippen LogP contribution in [0.5, 0.6) is 0 Å². The molecule has 9 nitrogen and oxygen atoms in total. The van der Waals surface area contributed by atoms with Crippen LogP contribution in [0.25, 0.3) is 0 Å². The number of nitrogens with two attached hydrogens (primary N) is 1. The van der Waals surface area contributed by atoms with Crippen molar-refractivity contribution < 1.29 is 24.6 Å². The molecule has 10 heteroatoms. The predicted molar refractivity (Wildman–Crippen MR) is 135 cm³/mol. The molecule has 1 aromatic rings. The van der Waals surface area contributed by atoms with E-state index in [0.717, 1.165) is 29.8 Å². The van der Waals surface area contributed by atoms with Crippen molar-refractivity contribution in [1.82, 2.24) is 9.88 Å². The van der Waals surface area contributed by atoms with Gasteiger partial charge in [0.25, 0.3) is 0 Å². The molecule has 1 aromatic heterocycles. The quantitative estimate of drug-likeness (QED) is 0.453. The van der Waals surface area contributed by atoms with E-state index in [1.807, 2.05) is 11.8 Å². The minimum atomic E-state index is -0.687. The van der Waals surface area contributed by atoms with Crippen LogP contribution in [0.3, 0.4) is 0 Å². The van der Waals surface area contributed by atoms with E-state index in [9.17, 15) is 24.6 Å². The summed E-state index contributed by atoms with van der Waals surface area (Å²) in [6.07, 6.45) is 4.60. The molecule has 2 saturated carbocycles.